The molecule has 2 aliphatic heterocycles. The largest absolute Gasteiger partial charge is 0.477 e. The molecule has 1 aromatic rings. The Morgan fingerprint density at radius 1 is 1.17 bits per heavy atom. The summed E-state index contributed by atoms with van der Waals surface area (Å²) in [5, 5.41) is 0. The van der Waals surface area contributed by atoms with Gasteiger partial charge >= 0.3 is 0 Å². The van der Waals surface area contributed by atoms with Crippen LogP contribution in [0.1, 0.15) is 50.5 Å². The maximum Gasteiger partial charge on any atom is 0.225 e. The average molecular weight is 400 g/mol. The van der Waals surface area contributed by atoms with Crippen molar-refractivity contribution in [1.82, 2.24) is 14.8 Å². The Bertz CT molecular complexity index is 724. The van der Waals surface area contributed by atoms with E-state index >= 15 is 0 Å². The highest BCUT2D eigenvalue weighted by Crippen LogP contribution is 2.29. The zero-order valence-corrected chi connectivity index (χ0v) is 17.5. The fourth-order valence-electron chi connectivity index (χ4n) is 5.01. The van der Waals surface area contributed by atoms with Crippen molar-refractivity contribution < 1.29 is 14.3 Å². The highest BCUT2D eigenvalue weighted by molar-refractivity contribution is 5.79. The van der Waals surface area contributed by atoms with Crippen molar-refractivity contribution in [3.63, 3.8) is 0 Å². The highest BCUT2D eigenvalue weighted by atomic mass is 16.5. The number of carbonyl (C=O) groups excluding carboxylic acids is 2. The van der Waals surface area contributed by atoms with Gasteiger partial charge in [0.25, 0.3) is 0 Å². The van der Waals surface area contributed by atoms with Crippen LogP contribution in [0.4, 0.5) is 0 Å². The number of aryl methyl sites for hydroxylation is 1. The van der Waals surface area contributed by atoms with E-state index in [4.69, 9.17) is 4.74 Å². The molecule has 2 saturated heterocycles. The van der Waals surface area contributed by atoms with E-state index in [-0.39, 0.29) is 17.7 Å². The van der Waals surface area contributed by atoms with E-state index in [1.54, 1.807) is 6.20 Å². The smallest absolute Gasteiger partial charge is 0.225 e. The van der Waals surface area contributed by atoms with Crippen LogP contribution in [0.15, 0.2) is 18.3 Å². The van der Waals surface area contributed by atoms with Crippen molar-refractivity contribution in [2.75, 3.05) is 32.8 Å². The molecule has 0 radical (unpaired) electrons. The minimum absolute atomic E-state index is 0.230. The van der Waals surface area contributed by atoms with E-state index in [0.717, 1.165) is 57.4 Å². The van der Waals surface area contributed by atoms with Gasteiger partial charge in [-0.3, -0.25) is 9.59 Å². The number of likely N-dealkylation sites (tertiary alicyclic amines) is 2. The van der Waals surface area contributed by atoms with E-state index in [1.165, 1.54) is 12.8 Å². The molecule has 158 valence electrons. The first-order valence-corrected chi connectivity index (χ1v) is 11.2. The Kier molecular flexibility index (Phi) is 6.36. The molecule has 6 nitrogen and oxygen atoms in total. The zero-order valence-electron chi connectivity index (χ0n) is 17.5. The van der Waals surface area contributed by atoms with Crippen LogP contribution in [0.3, 0.4) is 0 Å². The van der Waals surface area contributed by atoms with Gasteiger partial charge in [0, 0.05) is 56.7 Å². The van der Waals surface area contributed by atoms with E-state index in [1.807, 2.05) is 24.0 Å². The van der Waals surface area contributed by atoms with Gasteiger partial charge < -0.3 is 14.5 Å². The molecule has 6 heteroatoms. The summed E-state index contributed by atoms with van der Waals surface area (Å²) in [4.78, 5) is 33.4. The summed E-state index contributed by atoms with van der Waals surface area (Å²) in [5.74, 6) is 2.25. The number of ether oxygens (including phenoxy) is 1. The molecule has 1 unspecified atom stereocenters. The molecule has 0 spiro atoms. The molecule has 0 bridgehead atoms. The highest BCUT2D eigenvalue weighted by Gasteiger charge is 2.34. The maximum atomic E-state index is 12.6. The van der Waals surface area contributed by atoms with Gasteiger partial charge in [-0.1, -0.05) is 12.8 Å². The number of nitrogens with zero attached hydrogens (tertiary/aromatic N) is 3. The topological polar surface area (TPSA) is 62.7 Å². The fourth-order valence-corrected chi connectivity index (χ4v) is 5.01. The molecular weight excluding hydrogens is 366 g/mol. The predicted molar refractivity (Wildman–Crippen MR) is 110 cm³/mol. The van der Waals surface area contributed by atoms with Crippen molar-refractivity contribution in [3.05, 3.63) is 23.9 Å². The van der Waals surface area contributed by atoms with Crippen LogP contribution in [0, 0.1) is 24.7 Å². The van der Waals surface area contributed by atoms with Crippen molar-refractivity contribution >= 4 is 11.8 Å². The van der Waals surface area contributed by atoms with E-state index in [2.05, 4.69) is 9.88 Å². The molecule has 0 N–H and O–H groups in total. The summed E-state index contributed by atoms with van der Waals surface area (Å²) >= 11 is 0. The minimum atomic E-state index is 0.230. The summed E-state index contributed by atoms with van der Waals surface area (Å²) in [5.41, 5.74) is 1.12. The Morgan fingerprint density at radius 2 is 1.93 bits per heavy atom. The zero-order chi connectivity index (χ0) is 20.2. The van der Waals surface area contributed by atoms with Gasteiger partial charge in [0.15, 0.2) is 0 Å². The normalized spacial score (nSPS) is 23.8. The average Bonchev–Trinajstić information content (AvgIpc) is 3.37. The van der Waals surface area contributed by atoms with Crippen molar-refractivity contribution in [1.29, 1.82) is 0 Å². The number of hydrogen-bond acceptors (Lipinski definition) is 4. The van der Waals surface area contributed by atoms with Gasteiger partial charge in [-0.2, -0.15) is 0 Å². The molecule has 1 aromatic heterocycles. The van der Waals surface area contributed by atoms with Crippen LogP contribution in [0.2, 0.25) is 0 Å². The molecule has 1 saturated carbocycles. The second kappa shape index (κ2) is 9.14. The molecule has 3 aliphatic rings. The number of hydrogen-bond donors (Lipinski definition) is 0. The molecule has 3 heterocycles. The van der Waals surface area contributed by atoms with Gasteiger partial charge in [0.2, 0.25) is 17.7 Å². The quantitative estimate of drug-likeness (QED) is 0.738. The summed E-state index contributed by atoms with van der Waals surface area (Å²) < 4.78 is 5.81. The van der Waals surface area contributed by atoms with E-state index in [9.17, 15) is 9.59 Å². The molecule has 1 atom stereocenters. The van der Waals surface area contributed by atoms with E-state index in [0.29, 0.717) is 30.7 Å². The Labute approximate surface area is 173 Å². The summed E-state index contributed by atoms with van der Waals surface area (Å²) in [6, 6.07) is 3.87. The summed E-state index contributed by atoms with van der Waals surface area (Å²) in [6.45, 7) is 5.85. The third kappa shape index (κ3) is 5.09. The third-order valence-electron chi connectivity index (χ3n) is 6.76. The number of rotatable bonds is 6. The minimum Gasteiger partial charge on any atom is -0.477 e. The first-order valence-electron chi connectivity index (χ1n) is 11.2. The van der Waals surface area contributed by atoms with Gasteiger partial charge in [0.05, 0.1) is 6.61 Å². The third-order valence-corrected chi connectivity index (χ3v) is 6.76. The van der Waals surface area contributed by atoms with Crippen LogP contribution in [-0.4, -0.2) is 59.4 Å². The van der Waals surface area contributed by atoms with Gasteiger partial charge in [-0.25, -0.2) is 4.98 Å². The first kappa shape index (κ1) is 20.2. The fraction of sp³-hybridized carbons (Fsp3) is 0.696. The lowest BCUT2D eigenvalue weighted by Crippen LogP contribution is -2.43. The lowest BCUT2D eigenvalue weighted by Gasteiger charge is -2.35. The van der Waals surface area contributed by atoms with Crippen molar-refractivity contribution in [2.24, 2.45) is 17.8 Å². The molecular formula is C23H33N3O3. The lowest BCUT2D eigenvalue weighted by atomic mass is 9.94. The van der Waals surface area contributed by atoms with E-state index < -0.39 is 0 Å². The van der Waals surface area contributed by atoms with Crippen molar-refractivity contribution in [2.45, 2.75) is 51.9 Å². The van der Waals surface area contributed by atoms with Gasteiger partial charge in [-0.15, -0.1) is 0 Å². The Balaban J connectivity index is 1.20. The van der Waals surface area contributed by atoms with Gasteiger partial charge in [0.1, 0.15) is 0 Å². The van der Waals surface area contributed by atoms with Crippen LogP contribution in [0.5, 0.6) is 5.88 Å². The number of pyridine rings is 1. The number of piperidine rings is 1. The monoisotopic (exact) mass is 399 g/mol. The summed E-state index contributed by atoms with van der Waals surface area (Å²) in [6.07, 6.45) is 8.88. The second-order valence-electron chi connectivity index (χ2n) is 9.10. The SMILES string of the molecule is Cc1ccnc(OCC2CC(=O)N(CC3CCN(C(=O)C4CCCC4)CC3)C2)c1. The van der Waals surface area contributed by atoms with Crippen LogP contribution >= 0.6 is 0 Å². The number of carbonyl (C=O) groups is 2. The molecule has 4 rings (SSSR count). The standard InChI is InChI=1S/C23H33N3O3/c1-17-6-9-24-21(12-17)29-16-19-13-22(27)26(15-19)14-18-7-10-25(11-8-18)23(28)20-4-2-3-5-20/h6,9,12,18-20H,2-5,7-8,10-11,13-16H2,1H3. The molecule has 0 aromatic carbocycles. The molecule has 1 aliphatic carbocycles. The molecule has 3 fully saturated rings. The van der Waals surface area contributed by atoms with Crippen LogP contribution in [-0.2, 0) is 9.59 Å². The number of amides is 2. The Hall–Kier alpha value is -2.11. The lowest BCUT2D eigenvalue weighted by molar-refractivity contribution is -0.137. The molecule has 29 heavy (non-hydrogen) atoms. The Morgan fingerprint density at radius 3 is 2.66 bits per heavy atom. The van der Waals surface area contributed by atoms with Crippen molar-refractivity contribution in [3.8, 4) is 5.88 Å². The molecule has 2 amide bonds. The first-order chi connectivity index (χ1) is 14.1. The maximum absolute atomic E-state index is 12.6. The van der Waals surface area contributed by atoms with Gasteiger partial charge in [-0.05, 0) is 50.2 Å². The predicted octanol–water partition coefficient (Wildman–Crippen LogP) is 3.05. The number of aromatic nitrogens is 1. The van der Waals surface area contributed by atoms with Crippen LogP contribution in [0.25, 0.3) is 0 Å². The second-order valence-corrected chi connectivity index (χ2v) is 9.10. The summed E-state index contributed by atoms with van der Waals surface area (Å²) in [7, 11) is 0. The van der Waals surface area contributed by atoms with Crippen LogP contribution < -0.4 is 4.74 Å².